The van der Waals surface area contributed by atoms with E-state index in [1.807, 2.05) is 31.2 Å². The fourth-order valence-corrected chi connectivity index (χ4v) is 2.45. The van der Waals surface area contributed by atoms with Crippen LogP contribution in [0.4, 0.5) is 0 Å². The van der Waals surface area contributed by atoms with Gasteiger partial charge in [-0.2, -0.15) is 0 Å². The Morgan fingerprint density at radius 1 is 1.44 bits per heavy atom. The highest BCUT2D eigenvalue weighted by molar-refractivity contribution is 6.01. The molecule has 1 aromatic carbocycles. The van der Waals surface area contributed by atoms with Crippen LogP contribution in [-0.2, 0) is 0 Å². The van der Waals surface area contributed by atoms with Gasteiger partial charge in [0.1, 0.15) is 5.75 Å². The lowest BCUT2D eigenvalue weighted by Crippen LogP contribution is -2.30. The summed E-state index contributed by atoms with van der Waals surface area (Å²) in [6.07, 6.45) is 3.57. The van der Waals surface area contributed by atoms with E-state index in [1.165, 1.54) is 0 Å². The van der Waals surface area contributed by atoms with Gasteiger partial charge in [-0.3, -0.25) is 4.79 Å². The summed E-state index contributed by atoms with van der Waals surface area (Å²) in [5.74, 6) is 1.06. The van der Waals surface area contributed by atoms with E-state index >= 15 is 0 Å². The van der Waals surface area contributed by atoms with Crippen LogP contribution in [0.1, 0.15) is 36.5 Å². The first-order valence-corrected chi connectivity index (χ1v) is 6.70. The molecule has 1 N–H and O–H groups in total. The second kappa shape index (κ2) is 4.39. The van der Waals surface area contributed by atoms with Crippen molar-refractivity contribution in [1.29, 1.82) is 0 Å². The quantitative estimate of drug-likeness (QED) is 0.828. The van der Waals surface area contributed by atoms with Crippen LogP contribution < -0.4 is 10.1 Å². The van der Waals surface area contributed by atoms with Gasteiger partial charge in [0.2, 0.25) is 0 Å². The van der Waals surface area contributed by atoms with Crippen LogP contribution in [0.25, 0.3) is 0 Å². The topological polar surface area (TPSA) is 38.3 Å². The molecule has 1 aliphatic heterocycles. The van der Waals surface area contributed by atoms with E-state index < -0.39 is 0 Å². The summed E-state index contributed by atoms with van der Waals surface area (Å²) < 4.78 is 5.74. The molecule has 1 heterocycles. The number of benzene rings is 1. The number of carbonyl (C=O) groups is 1. The molecule has 0 spiro atoms. The molecule has 1 atom stereocenters. The highest BCUT2D eigenvalue weighted by Gasteiger charge is 2.36. The van der Waals surface area contributed by atoms with Crippen molar-refractivity contribution < 1.29 is 9.53 Å². The smallest absolute Gasteiger partial charge is 0.170 e. The molecule has 18 heavy (non-hydrogen) atoms. The van der Waals surface area contributed by atoms with Gasteiger partial charge in [-0.05, 0) is 37.9 Å². The van der Waals surface area contributed by atoms with E-state index in [2.05, 4.69) is 5.32 Å². The van der Waals surface area contributed by atoms with Crippen LogP contribution in [-0.4, -0.2) is 25.0 Å². The third-order valence-electron chi connectivity index (χ3n) is 3.84. The Hall–Kier alpha value is -1.35. The molecule has 3 rings (SSSR count). The fraction of sp³-hybridized carbons (Fsp3) is 0.533. The minimum absolute atomic E-state index is 0.230. The van der Waals surface area contributed by atoms with Crippen LogP contribution >= 0.6 is 0 Å². The highest BCUT2D eigenvalue weighted by Crippen LogP contribution is 2.32. The van der Waals surface area contributed by atoms with Crippen molar-refractivity contribution in [3.05, 3.63) is 29.8 Å². The lowest BCUT2D eigenvalue weighted by atomic mass is 9.81. The van der Waals surface area contributed by atoms with E-state index in [4.69, 9.17) is 4.74 Å². The summed E-state index contributed by atoms with van der Waals surface area (Å²) >= 11 is 0. The minimum atomic E-state index is -0.252. The lowest BCUT2D eigenvalue weighted by molar-refractivity contribution is 0.0839. The number of Topliss-reactive ketones (excluding diaryl/α,β-unsaturated/α-hetero) is 1. The molecule has 2 aliphatic rings. The van der Waals surface area contributed by atoms with Gasteiger partial charge in [0, 0.05) is 17.5 Å². The van der Waals surface area contributed by atoms with Crippen molar-refractivity contribution in [3.8, 4) is 5.75 Å². The first-order chi connectivity index (χ1) is 8.67. The molecule has 1 saturated carbocycles. The van der Waals surface area contributed by atoms with Crippen LogP contribution in [0.2, 0.25) is 0 Å². The van der Waals surface area contributed by atoms with Gasteiger partial charge >= 0.3 is 0 Å². The standard InChI is InChI=1S/C15H19NO2/c1-15(7-8-16-10-15)14(17)11-3-2-4-13(9-11)18-12-5-6-12/h2-4,9,12,16H,5-8,10H2,1H3. The zero-order valence-corrected chi connectivity index (χ0v) is 10.7. The molecule has 1 saturated heterocycles. The van der Waals surface area contributed by atoms with Crippen LogP contribution in [0.3, 0.4) is 0 Å². The third kappa shape index (κ3) is 2.27. The minimum Gasteiger partial charge on any atom is -0.490 e. The summed E-state index contributed by atoms with van der Waals surface area (Å²) in [4.78, 5) is 12.5. The maximum Gasteiger partial charge on any atom is 0.170 e. The molecule has 96 valence electrons. The van der Waals surface area contributed by atoms with Crippen molar-refractivity contribution in [2.75, 3.05) is 13.1 Å². The maximum absolute atomic E-state index is 12.5. The molecule has 3 nitrogen and oxygen atoms in total. The van der Waals surface area contributed by atoms with Crippen LogP contribution in [0.5, 0.6) is 5.75 Å². The van der Waals surface area contributed by atoms with Crippen LogP contribution in [0, 0.1) is 5.41 Å². The summed E-state index contributed by atoms with van der Waals surface area (Å²) in [6, 6.07) is 7.64. The number of rotatable bonds is 4. The zero-order chi connectivity index (χ0) is 12.6. The normalized spacial score (nSPS) is 27.2. The van der Waals surface area contributed by atoms with E-state index in [-0.39, 0.29) is 11.2 Å². The molecule has 0 aromatic heterocycles. The largest absolute Gasteiger partial charge is 0.490 e. The van der Waals surface area contributed by atoms with Crippen LogP contribution in [0.15, 0.2) is 24.3 Å². The Labute approximate surface area is 108 Å². The van der Waals surface area contributed by atoms with E-state index in [0.717, 1.165) is 43.7 Å². The van der Waals surface area contributed by atoms with Gasteiger partial charge in [0.05, 0.1) is 6.10 Å². The predicted octanol–water partition coefficient (Wildman–Crippen LogP) is 2.41. The third-order valence-corrected chi connectivity index (χ3v) is 3.84. The first-order valence-electron chi connectivity index (χ1n) is 6.70. The molecule has 1 unspecified atom stereocenters. The molecular weight excluding hydrogens is 226 g/mol. The van der Waals surface area contributed by atoms with Gasteiger partial charge in [-0.15, -0.1) is 0 Å². The van der Waals surface area contributed by atoms with Crippen molar-refractivity contribution in [3.63, 3.8) is 0 Å². The van der Waals surface area contributed by atoms with E-state index in [9.17, 15) is 4.79 Å². The average Bonchev–Trinajstić information content (AvgIpc) is 3.08. The molecule has 1 aromatic rings. The van der Waals surface area contributed by atoms with E-state index in [0.29, 0.717) is 6.10 Å². The number of hydrogen-bond donors (Lipinski definition) is 1. The lowest BCUT2D eigenvalue weighted by Gasteiger charge is -2.21. The number of nitrogens with one attached hydrogen (secondary N) is 1. The number of carbonyl (C=O) groups excluding carboxylic acids is 1. The van der Waals surface area contributed by atoms with Gasteiger partial charge in [0.15, 0.2) is 5.78 Å². The number of hydrogen-bond acceptors (Lipinski definition) is 3. The monoisotopic (exact) mass is 245 g/mol. The Bertz CT molecular complexity index is 459. The molecule has 2 fully saturated rings. The zero-order valence-electron chi connectivity index (χ0n) is 10.7. The summed E-state index contributed by atoms with van der Waals surface area (Å²) in [7, 11) is 0. The first kappa shape index (κ1) is 11.7. The summed E-state index contributed by atoms with van der Waals surface area (Å²) in [6.45, 7) is 3.75. The SMILES string of the molecule is CC1(C(=O)c2cccc(OC3CC3)c2)CCNC1. The van der Waals surface area contributed by atoms with Gasteiger partial charge in [0.25, 0.3) is 0 Å². The van der Waals surface area contributed by atoms with Crippen molar-refractivity contribution in [2.24, 2.45) is 5.41 Å². The number of ether oxygens (including phenoxy) is 1. The number of ketones is 1. The second-order valence-corrected chi connectivity index (χ2v) is 5.66. The second-order valence-electron chi connectivity index (χ2n) is 5.66. The Morgan fingerprint density at radius 3 is 2.94 bits per heavy atom. The molecule has 0 bridgehead atoms. The maximum atomic E-state index is 12.5. The van der Waals surface area contributed by atoms with Crippen molar-refractivity contribution in [1.82, 2.24) is 5.32 Å². The Morgan fingerprint density at radius 2 is 2.28 bits per heavy atom. The molecule has 0 radical (unpaired) electrons. The van der Waals surface area contributed by atoms with Gasteiger partial charge < -0.3 is 10.1 Å². The Kier molecular flexibility index (Phi) is 2.86. The predicted molar refractivity (Wildman–Crippen MR) is 70.0 cm³/mol. The van der Waals surface area contributed by atoms with Crippen molar-refractivity contribution in [2.45, 2.75) is 32.3 Å². The van der Waals surface area contributed by atoms with Gasteiger partial charge in [-0.1, -0.05) is 19.1 Å². The van der Waals surface area contributed by atoms with Crippen molar-refractivity contribution >= 4 is 5.78 Å². The average molecular weight is 245 g/mol. The molecule has 3 heteroatoms. The Balaban J connectivity index is 1.79. The highest BCUT2D eigenvalue weighted by atomic mass is 16.5. The molecular formula is C15H19NO2. The molecule has 0 amide bonds. The van der Waals surface area contributed by atoms with Gasteiger partial charge in [-0.25, -0.2) is 0 Å². The molecule has 1 aliphatic carbocycles. The van der Waals surface area contributed by atoms with E-state index in [1.54, 1.807) is 0 Å². The summed E-state index contributed by atoms with van der Waals surface area (Å²) in [5.41, 5.74) is 0.525. The summed E-state index contributed by atoms with van der Waals surface area (Å²) in [5, 5.41) is 3.27. The fourth-order valence-electron chi connectivity index (χ4n) is 2.45.